The maximum Gasteiger partial charge on any atom is 0.106 e. The lowest BCUT2D eigenvalue weighted by Gasteiger charge is -2.26. The monoisotopic (exact) mass is 172 g/mol. The van der Waals surface area contributed by atoms with Crippen LogP contribution in [0.15, 0.2) is 35.8 Å². The minimum absolute atomic E-state index is 0.990. The van der Waals surface area contributed by atoms with Crippen molar-refractivity contribution in [1.82, 2.24) is 4.90 Å². The van der Waals surface area contributed by atoms with E-state index in [2.05, 4.69) is 11.6 Å². The van der Waals surface area contributed by atoms with Crippen molar-refractivity contribution in [3.63, 3.8) is 0 Å². The van der Waals surface area contributed by atoms with E-state index in [1.807, 2.05) is 43.1 Å². The molecule has 1 aromatic rings. The molecule has 0 aromatic heterocycles. The highest BCUT2D eigenvalue weighted by Crippen LogP contribution is 2.31. The molecular formula is C11H12N2. The van der Waals surface area contributed by atoms with Gasteiger partial charge in [0.25, 0.3) is 0 Å². The van der Waals surface area contributed by atoms with Gasteiger partial charge in [-0.25, -0.2) is 4.99 Å². The average Bonchev–Trinajstić information content (AvgIpc) is 2.15. The smallest absolute Gasteiger partial charge is 0.106 e. The quantitative estimate of drug-likeness (QED) is 0.587. The molecule has 13 heavy (non-hydrogen) atoms. The van der Waals surface area contributed by atoms with E-state index in [-0.39, 0.29) is 0 Å². The Hall–Kier alpha value is -1.57. The van der Waals surface area contributed by atoms with Gasteiger partial charge in [-0.15, -0.1) is 0 Å². The second-order valence-corrected chi connectivity index (χ2v) is 3.18. The lowest BCUT2D eigenvalue weighted by molar-refractivity contribution is 0.707. The van der Waals surface area contributed by atoms with Gasteiger partial charge >= 0.3 is 0 Å². The highest BCUT2D eigenvalue weighted by Gasteiger charge is 2.16. The fourth-order valence-corrected chi connectivity index (χ4v) is 1.44. The molecule has 2 nitrogen and oxygen atoms in total. The number of benzene rings is 1. The zero-order valence-corrected chi connectivity index (χ0v) is 7.91. The molecule has 0 saturated heterocycles. The van der Waals surface area contributed by atoms with E-state index in [0.29, 0.717) is 0 Å². The average molecular weight is 172 g/mol. The molecule has 0 fully saturated rings. The Morgan fingerprint density at radius 1 is 1.31 bits per heavy atom. The molecule has 0 spiro atoms. The lowest BCUT2D eigenvalue weighted by Crippen LogP contribution is -2.24. The number of para-hydroxylation sites is 1. The highest BCUT2D eigenvalue weighted by molar-refractivity contribution is 5.96. The summed E-state index contributed by atoms with van der Waals surface area (Å²) < 4.78 is 0. The van der Waals surface area contributed by atoms with E-state index < -0.39 is 0 Å². The molecule has 0 atom stereocenters. The predicted molar refractivity (Wildman–Crippen MR) is 56.0 cm³/mol. The van der Waals surface area contributed by atoms with Crippen LogP contribution < -0.4 is 0 Å². The van der Waals surface area contributed by atoms with E-state index in [1.165, 1.54) is 0 Å². The Balaban J connectivity index is 2.63. The third-order valence-electron chi connectivity index (χ3n) is 2.39. The normalized spacial score (nSPS) is 15.4. The molecule has 1 aromatic carbocycles. The molecule has 2 heteroatoms. The minimum Gasteiger partial charge on any atom is -0.333 e. The highest BCUT2D eigenvalue weighted by atomic mass is 15.2. The zero-order chi connectivity index (χ0) is 9.42. The van der Waals surface area contributed by atoms with Crippen LogP contribution in [-0.2, 0) is 0 Å². The maximum atomic E-state index is 4.46. The van der Waals surface area contributed by atoms with Gasteiger partial charge in [-0.2, -0.15) is 0 Å². The van der Waals surface area contributed by atoms with Crippen LogP contribution in [0.5, 0.6) is 0 Å². The Bertz CT molecular complexity index is 391. The third kappa shape index (κ3) is 1.15. The fraction of sp³-hybridized carbons (Fsp3) is 0.182. The van der Waals surface area contributed by atoms with Crippen molar-refractivity contribution in [1.29, 1.82) is 0 Å². The van der Waals surface area contributed by atoms with Gasteiger partial charge in [0.2, 0.25) is 0 Å². The van der Waals surface area contributed by atoms with Crippen molar-refractivity contribution in [2.45, 2.75) is 6.92 Å². The molecule has 0 amide bonds. The van der Waals surface area contributed by atoms with E-state index in [1.54, 1.807) is 0 Å². The first-order valence-corrected chi connectivity index (χ1v) is 4.27. The molecule has 0 saturated carbocycles. The van der Waals surface area contributed by atoms with Gasteiger partial charge in [0.05, 0.1) is 5.69 Å². The molecule has 0 aliphatic carbocycles. The van der Waals surface area contributed by atoms with Gasteiger partial charge < -0.3 is 4.90 Å². The second-order valence-electron chi connectivity index (χ2n) is 3.18. The van der Waals surface area contributed by atoms with Crippen LogP contribution in [0, 0.1) is 0 Å². The molecule has 1 aliphatic rings. The number of nitrogens with zero attached hydrogens (tertiary/aromatic N) is 2. The van der Waals surface area contributed by atoms with Crippen LogP contribution in [0.3, 0.4) is 0 Å². The Morgan fingerprint density at radius 2 is 2.00 bits per heavy atom. The summed E-state index contributed by atoms with van der Waals surface area (Å²) in [5.41, 5.74) is 3.15. The summed E-state index contributed by atoms with van der Waals surface area (Å²) in [5, 5.41) is 0. The second kappa shape index (κ2) is 2.73. The van der Waals surface area contributed by atoms with Crippen LogP contribution in [-0.4, -0.2) is 17.8 Å². The predicted octanol–water partition coefficient (Wildman–Crippen LogP) is 2.65. The topological polar surface area (TPSA) is 15.6 Å². The number of rotatable bonds is 0. The number of hydrogen-bond donors (Lipinski definition) is 0. The summed E-state index contributed by atoms with van der Waals surface area (Å²) in [4.78, 5) is 6.46. The van der Waals surface area contributed by atoms with Crippen molar-refractivity contribution in [3.8, 4) is 0 Å². The fourth-order valence-electron chi connectivity index (χ4n) is 1.44. The summed E-state index contributed by atoms with van der Waals surface area (Å²) in [6.45, 7) is 6.02. The summed E-state index contributed by atoms with van der Waals surface area (Å²) >= 11 is 0. The van der Waals surface area contributed by atoms with E-state index in [0.717, 1.165) is 22.8 Å². The number of fused-ring (bicyclic) bond motifs is 1. The Labute approximate surface area is 78.2 Å². The van der Waals surface area contributed by atoms with Crippen molar-refractivity contribution in [3.05, 3.63) is 36.4 Å². The van der Waals surface area contributed by atoms with Crippen LogP contribution in [0.1, 0.15) is 12.5 Å². The van der Waals surface area contributed by atoms with Gasteiger partial charge in [0, 0.05) is 18.3 Å². The number of aliphatic imine (C=N–C) groups is 1. The van der Waals surface area contributed by atoms with Crippen LogP contribution in [0.4, 0.5) is 5.69 Å². The molecule has 1 aliphatic heterocycles. The molecule has 0 bridgehead atoms. The number of hydrogen-bond acceptors (Lipinski definition) is 2. The van der Waals surface area contributed by atoms with Crippen molar-refractivity contribution >= 4 is 17.2 Å². The van der Waals surface area contributed by atoms with Crippen molar-refractivity contribution < 1.29 is 0 Å². The first-order chi connectivity index (χ1) is 6.20. The molecule has 66 valence electrons. The molecule has 1 heterocycles. The van der Waals surface area contributed by atoms with E-state index >= 15 is 0 Å². The number of amidine groups is 1. The Morgan fingerprint density at radius 3 is 2.77 bits per heavy atom. The summed E-state index contributed by atoms with van der Waals surface area (Å²) in [6.07, 6.45) is 0. The molecule has 0 unspecified atom stereocenters. The van der Waals surface area contributed by atoms with E-state index in [4.69, 9.17) is 0 Å². The standard InChI is InChI=1S/C11H12N2/c1-8-10-6-4-5-7-11(10)12-9(2)13(8)3/h4-7H,1H2,2-3H3. The van der Waals surface area contributed by atoms with E-state index in [9.17, 15) is 0 Å². The Kier molecular flexibility index (Phi) is 1.69. The molecule has 0 radical (unpaired) electrons. The van der Waals surface area contributed by atoms with Gasteiger partial charge in [-0.3, -0.25) is 0 Å². The summed E-state index contributed by atoms with van der Waals surface area (Å²) in [6, 6.07) is 8.06. The van der Waals surface area contributed by atoms with Crippen LogP contribution in [0.25, 0.3) is 5.70 Å². The lowest BCUT2D eigenvalue weighted by atomic mass is 10.1. The maximum absolute atomic E-state index is 4.46. The zero-order valence-electron chi connectivity index (χ0n) is 7.91. The third-order valence-corrected chi connectivity index (χ3v) is 2.39. The summed E-state index contributed by atoms with van der Waals surface area (Å²) in [5.74, 6) is 0.990. The largest absolute Gasteiger partial charge is 0.333 e. The van der Waals surface area contributed by atoms with Crippen molar-refractivity contribution in [2.24, 2.45) is 4.99 Å². The first kappa shape index (κ1) is 8.05. The van der Waals surface area contributed by atoms with Crippen LogP contribution in [0.2, 0.25) is 0 Å². The van der Waals surface area contributed by atoms with Crippen molar-refractivity contribution in [2.75, 3.05) is 7.05 Å². The van der Waals surface area contributed by atoms with Gasteiger partial charge in [-0.05, 0) is 13.0 Å². The first-order valence-electron chi connectivity index (χ1n) is 4.27. The molecule has 2 rings (SSSR count). The van der Waals surface area contributed by atoms with Gasteiger partial charge in [0.15, 0.2) is 0 Å². The van der Waals surface area contributed by atoms with Gasteiger partial charge in [-0.1, -0.05) is 24.8 Å². The summed E-state index contributed by atoms with van der Waals surface area (Å²) in [7, 11) is 1.98. The van der Waals surface area contributed by atoms with Gasteiger partial charge in [0.1, 0.15) is 5.84 Å². The molecule has 0 N–H and O–H groups in total. The van der Waals surface area contributed by atoms with Crippen LogP contribution >= 0.6 is 0 Å². The SMILES string of the molecule is C=C1c2ccccc2N=C(C)N1C. The minimum atomic E-state index is 0.990. The molecular weight excluding hydrogens is 160 g/mol.